The molecule has 0 unspecified atom stereocenters. The normalized spacial score (nSPS) is 10.4. The lowest BCUT2D eigenvalue weighted by molar-refractivity contribution is 0.458. The third kappa shape index (κ3) is 1.71. The van der Waals surface area contributed by atoms with Crippen LogP contribution < -0.4 is 10.5 Å². The highest BCUT2D eigenvalue weighted by molar-refractivity contribution is 5.49. The molecule has 0 aliphatic heterocycles. The van der Waals surface area contributed by atoms with Crippen LogP contribution in [0.1, 0.15) is 11.4 Å². The molecule has 16 heavy (non-hydrogen) atoms. The number of rotatable bonds is 2. The van der Waals surface area contributed by atoms with Crippen molar-refractivity contribution < 1.29 is 4.74 Å². The van der Waals surface area contributed by atoms with E-state index in [1.54, 1.807) is 23.0 Å². The van der Waals surface area contributed by atoms with Crippen molar-refractivity contribution in [2.24, 2.45) is 7.05 Å². The number of pyridine rings is 1. The first-order chi connectivity index (χ1) is 7.59. The lowest BCUT2D eigenvalue weighted by Gasteiger charge is -2.06. The van der Waals surface area contributed by atoms with Crippen LogP contribution in [0.4, 0.5) is 5.69 Å². The SMILES string of the molecule is Cc1nn(C)c(C)c1Oc1ncccc1N. The van der Waals surface area contributed by atoms with E-state index < -0.39 is 0 Å². The number of hydrogen-bond donors (Lipinski definition) is 1. The lowest BCUT2D eigenvalue weighted by Crippen LogP contribution is -1.96. The summed E-state index contributed by atoms with van der Waals surface area (Å²) in [5, 5.41) is 4.26. The molecule has 0 fully saturated rings. The van der Waals surface area contributed by atoms with Gasteiger partial charge in [0.25, 0.3) is 0 Å². The van der Waals surface area contributed by atoms with Gasteiger partial charge in [0.15, 0.2) is 5.75 Å². The third-order valence-electron chi connectivity index (χ3n) is 2.44. The smallest absolute Gasteiger partial charge is 0.242 e. The third-order valence-corrected chi connectivity index (χ3v) is 2.44. The van der Waals surface area contributed by atoms with Crippen molar-refractivity contribution in [3.8, 4) is 11.6 Å². The molecule has 2 heterocycles. The number of hydrogen-bond acceptors (Lipinski definition) is 4. The highest BCUT2D eigenvalue weighted by Gasteiger charge is 2.13. The zero-order chi connectivity index (χ0) is 11.7. The van der Waals surface area contributed by atoms with Crippen LogP contribution in [0.2, 0.25) is 0 Å². The number of aromatic nitrogens is 3. The van der Waals surface area contributed by atoms with E-state index >= 15 is 0 Å². The summed E-state index contributed by atoms with van der Waals surface area (Å²) in [6, 6.07) is 3.52. The van der Waals surface area contributed by atoms with Crippen molar-refractivity contribution in [3.63, 3.8) is 0 Å². The summed E-state index contributed by atoms with van der Waals surface area (Å²) in [6.45, 7) is 3.83. The number of aryl methyl sites for hydroxylation is 2. The molecule has 0 spiro atoms. The topological polar surface area (TPSA) is 66.0 Å². The summed E-state index contributed by atoms with van der Waals surface area (Å²) >= 11 is 0. The van der Waals surface area contributed by atoms with Crippen LogP contribution in [0.15, 0.2) is 18.3 Å². The van der Waals surface area contributed by atoms with E-state index in [2.05, 4.69) is 10.1 Å². The standard InChI is InChI=1S/C11H14N4O/c1-7-10(8(2)15(3)14-7)16-11-9(12)5-4-6-13-11/h4-6H,12H2,1-3H3. The van der Waals surface area contributed by atoms with Crippen LogP contribution >= 0.6 is 0 Å². The lowest BCUT2D eigenvalue weighted by atomic mass is 10.3. The van der Waals surface area contributed by atoms with Crippen LogP contribution in [-0.2, 0) is 7.05 Å². The van der Waals surface area contributed by atoms with E-state index in [0.29, 0.717) is 17.3 Å². The molecule has 0 aliphatic carbocycles. The van der Waals surface area contributed by atoms with Gasteiger partial charge in [-0.1, -0.05) is 0 Å². The Labute approximate surface area is 93.9 Å². The minimum absolute atomic E-state index is 0.418. The Hall–Kier alpha value is -2.04. The maximum Gasteiger partial charge on any atom is 0.242 e. The summed E-state index contributed by atoms with van der Waals surface area (Å²) < 4.78 is 7.44. The van der Waals surface area contributed by atoms with Gasteiger partial charge < -0.3 is 10.5 Å². The Kier molecular flexibility index (Phi) is 2.52. The summed E-state index contributed by atoms with van der Waals surface area (Å²) in [5.74, 6) is 1.13. The Morgan fingerprint density at radius 2 is 2.12 bits per heavy atom. The highest BCUT2D eigenvalue weighted by atomic mass is 16.5. The minimum Gasteiger partial charge on any atom is -0.433 e. The van der Waals surface area contributed by atoms with Crippen molar-refractivity contribution in [1.29, 1.82) is 0 Å². The predicted molar refractivity (Wildman–Crippen MR) is 61.4 cm³/mol. The minimum atomic E-state index is 0.418. The first kappa shape index (κ1) is 10.5. The van der Waals surface area contributed by atoms with E-state index in [-0.39, 0.29) is 0 Å². The fraction of sp³-hybridized carbons (Fsp3) is 0.273. The molecule has 5 nitrogen and oxygen atoms in total. The number of nitrogens with zero attached hydrogens (tertiary/aromatic N) is 3. The number of nitrogens with two attached hydrogens (primary N) is 1. The molecule has 0 aliphatic rings. The molecule has 84 valence electrons. The van der Waals surface area contributed by atoms with Crippen LogP contribution in [0.25, 0.3) is 0 Å². The fourth-order valence-corrected chi connectivity index (χ4v) is 1.49. The molecule has 0 atom stereocenters. The van der Waals surface area contributed by atoms with E-state index in [1.165, 1.54) is 0 Å². The van der Waals surface area contributed by atoms with E-state index in [9.17, 15) is 0 Å². The quantitative estimate of drug-likeness (QED) is 0.834. The molecule has 0 aromatic carbocycles. The van der Waals surface area contributed by atoms with Gasteiger partial charge in [0.1, 0.15) is 5.69 Å². The second kappa shape index (κ2) is 3.84. The molecule has 0 saturated carbocycles. The van der Waals surface area contributed by atoms with Gasteiger partial charge in [-0.15, -0.1) is 0 Å². The predicted octanol–water partition coefficient (Wildman–Crippen LogP) is 1.81. The molecule has 0 bridgehead atoms. The summed E-state index contributed by atoms with van der Waals surface area (Å²) in [6.07, 6.45) is 1.65. The molecule has 2 aromatic rings. The zero-order valence-electron chi connectivity index (χ0n) is 9.56. The highest BCUT2D eigenvalue weighted by Crippen LogP contribution is 2.29. The van der Waals surface area contributed by atoms with Gasteiger partial charge in [0.05, 0.1) is 11.4 Å². The van der Waals surface area contributed by atoms with Gasteiger partial charge in [-0.25, -0.2) is 4.98 Å². The molecular weight excluding hydrogens is 204 g/mol. The van der Waals surface area contributed by atoms with Crippen molar-refractivity contribution in [3.05, 3.63) is 29.7 Å². The summed E-state index contributed by atoms with van der Waals surface area (Å²) in [4.78, 5) is 4.08. The van der Waals surface area contributed by atoms with Crippen LogP contribution in [0, 0.1) is 13.8 Å². The average Bonchev–Trinajstić information content (AvgIpc) is 2.48. The maximum atomic E-state index is 5.76. The van der Waals surface area contributed by atoms with Crippen molar-refractivity contribution in [2.75, 3.05) is 5.73 Å². The molecule has 0 radical (unpaired) electrons. The molecule has 0 amide bonds. The second-order valence-electron chi connectivity index (χ2n) is 3.62. The Balaban J connectivity index is 2.38. The molecular formula is C11H14N4O. The molecule has 0 saturated heterocycles. The van der Waals surface area contributed by atoms with E-state index in [1.807, 2.05) is 20.9 Å². The molecule has 5 heteroatoms. The maximum absolute atomic E-state index is 5.76. The zero-order valence-corrected chi connectivity index (χ0v) is 9.56. The average molecular weight is 218 g/mol. The van der Waals surface area contributed by atoms with Gasteiger partial charge >= 0.3 is 0 Å². The van der Waals surface area contributed by atoms with Crippen LogP contribution in [-0.4, -0.2) is 14.8 Å². The Morgan fingerprint density at radius 3 is 2.69 bits per heavy atom. The van der Waals surface area contributed by atoms with E-state index in [4.69, 9.17) is 10.5 Å². The fourth-order valence-electron chi connectivity index (χ4n) is 1.49. The number of ether oxygens (including phenoxy) is 1. The van der Waals surface area contributed by atoms with Crippen molar-refractivity contribution >= 4 is 5.69 Å². The van der Waals surface area contributed by atoms with Gasteiger partial charge in [0.2, 0.25) is 5.88 Å². The monoisotopic (exact) mass is 218 g/mol. The Bertz CT molecular complexity index is 519. The molecule has 2 aromatic heterocycles. The second-order valence-corrected chi connectivity index (χ2v) is 3.62. The largest absolute Gasteiger partial charge is 0.433 e. The van der Waals surface area contributed by atoms with Crippen molar-refractivity contribution in [2.45, 2.75) is 13.8 Å². The number of nitrogen functional groups attached to an aromatic ring is 1. The molecule has 2 rings (SSSR count). The first-order valence-electron chi connectivity index (χ1n) is 4.98. The summed E-state index contributed by atoms with van der Waals surface area (Å²) in [7, 11) is 1.87. The summed E-state index contributed by atoms with van der Waals surface area (Å²) in [5.41, 5.74) is 8.05. The van der Waals surface area contributed by atoms with Gasteiger partial charge in [-0.3, -0.25) is 4.68 Å². The van der Waals surface area contributed by atoms with Crippen LogP contribution in [0.3, 0.4) is 0 Å². The van der Waals surface area contributed by atoms with Gasteiger partial charge in [-0.05, 0) is 26.0 Å². The van der Waals surface area contributed by atoms with Crippen LogP contribution in [0.5, 0.6) is 11.6 Å². The van der Waals surface area contributed by atoms with Crippen molar-refractivity contribution in [1.82, 2.24) is 14.8 Å². The number of anilines is 1. The van der Waals surface area contributed by atoms with Gasteiger partial charge in [0, 0.05) is 13.2 Å². The Morgan fingerprint density at radius 1 is 1.38 bits per heavy atom. The van der Waals surface area contributed by atoms with Gasteiger partial charge in [-0.2, -0.15) is 5.10 Å². The van der Waals surface area contributed by atoms with E-state index in [0.717, 1.165) is 11.4 Å². The molecule has 2 N–H and O–H groups in total. The first-order valence-corrected chi connectivity index (χ1v) is 4.98.